The molecule has 154 valence electrons. The van der Waals surface area contributed by atoms with E-state index in [0.29, 0.717) is 42.5 Å². The molecule has 1 aromatic heterocycles. The smallest absolute Gasteiger partial charge is 0.253 e. The van der Waals surface area contributed by atoms with Crippen LogP contribution in [0.2, 0.25) is 0 Å². The number of hydrogen-bond acceptors (Lipinski definition) is 6. The molecule has 3 aromatic rings. The van der Waals surface area contributed by atoms with Gasteiger partial charge in [-0.25, -0.2) is 0 Å². The Hall–Kier alpha value is -3.68. The Morgan fingerprint density at radius 1 is 1.17 bits per heavy atom. The van der Waals surface area contributed by atoms with E-state index in [-0.39, 0.29) is 17.7 Å². The second-order valence-corrected chi connectivity index (χ2v) is 7.20. The van der Waals surface area contributed by atoms with E-state index < -0.39 is 0 Å². The lowest BCUT2D eigenvalue weighted by atomic mass is 9.98. The average molecular weight is 406 g/mol. The summed E-state index contributed by atoms with van der Waals surface area (Å²) in [4.78, 5) is 29.9. The number of amides is 2. The van der Waals surface area contributed by atoms with Gasteiger partial charge in [-0.3, -0.25) is 9.59 Å². The van der Waals surface area contributed by atoms with Gasteiger partial charge < -0.3 is 19.5 Å². The Balaban J connectivity index is 1.34. The molecule has 0 atom stereocenters. The van der Waals surface area contributed by atoms with Crippen LogP contribution in [0.15, 0.2) is 53.1 Å². The third-order valence-electron chi connectivity index (χ3n) is 5.00. The molecule has 8 nitrogen and oxygen atoms in total. The Morgan fingerprint density at radius 2 is 1.90 bits per heavy atom. The Labute approximate surface area is 173 Å². The fourth-order valence-electron chi connectivity index (χ4n) is 3.41. The Kier molecular flexibility index (Phi) is 5.47. The molecule has 0 unspecified atom stereocenters. The summed E-state index contributed by atoms with van der Waals surface area (Å²) in [6.07, 6.45) is 0.517. The minimum Gasteiger partial charge on any atom is -0.496 e. The first-order chi connectivity index (χ1) is 14.5. The van der Waals surface area contributed by atoms with E-state index in [1.165, 1.54) is 6.92 Å². The van der Waals surface area contributed by atoms with E-state index in [9.17, 15) is 9.59 Å². The summed E-state index contributed by atoms with van der Waals surface area (Å²) in [5.41, 5.74) is 2.22. The third-order valence-corrected chi connectivity index (χ3v) is 5.00. The lowest BCUT2D eigenvalue weighted by Gasteiger charge is -2.37. The van der Waals surface area contributed by atoms with Crippen molar-refractivity contribution < 1.29 is 18.8 Å². The van der Waals surface area contributed by atoms with Crippen molar-refractivity contribution in [3.63, 3.8) is 0 Å². The van der Waals surface area contributed by atoms with Crippen molar-refractivity contribution in [2.45, 2.75) is 19.3 Å². The minimum atomic E-state index is -0.149. The number of nitrogens with one attached hydrogen (secondary N) is 1. The maximum atomic E-state index is 12.6. The number of benzene rings is 2. The van der Waals surface area contributed by atoms with Crippen molar-refractivity contribution in [2.24, 2.45) is 0 Å². The van der Waals surface area contributed by atoms with Crippen molar-refractivity contribution in [1.29, 1.82) is 0 Å². The molecule has 2 amide bonds. The van der Waals surface area contributed by atoms with Crippen molar-refractivity contribution >= 4 is 17.5 Å². The Bertz CT molecular complexity index is 1060. The summed E-state index contributed by atoms with van der Waals surface area (Å²) < 4.78 is 10.8. The largest absolute Gasteiger partial charge is 0.496 e. The number of para-hydroxylation sites is 1. The van der Waals surface area contributed by atoms with E-state index in [4.69, 9.17) is 9.26 Å². The quantitative estimate of drug-likeness (QED) is 0.676. The van der Waals surface area contributed by atoms with E-state index in [0.717, 1.165) is 11.3 Å². The van der Waals surface area contributed by atoms with E-state index in [1.54, 1.807) is 36.3 Å². The molecule has 0 spiro atoms. The fourth-order valence-corrected chi connectivity index (χ4v) is 3.41. The van der Waals surface area contributed by atoms with Crippen LogP contribution in [-0.4, -0.2) is 47.1 Å². The van der Waals surface area contributed by atoms with Gasteiger partial charge in [-0.15, -0.1) is 0 Å². The van der Waals surface area contributed by atoms with Gasteiger partial charge >= 0.3 is 0 Å². The predicted octanol–water partition coefficient (Wildman–Crippen LogP) is 2.87. The molecule has 2 heterocycles. The fraction of sp³-hybridized carbons (Fsp3) is 0.273. The molecule has 1 N–H and O–H groups in total. The van der Waals surface area contributed by atoms with Crippen LogP contribution in [0, 0.1) is 0 Å². The molecule has 0 bridgehead atoms. The molecular weight excluding hydrogens is 384 g/mol. The first-order valence-electron chi connectivity index (χ1n) is 9.65. The average Bonchev–Trinajstić information content (AvgIpc) is 3.15. The number of anilines is 1. The normalized spacial score (nSPS) is 13.6. The van der Waals surface area contributed by atoms with Crippen LogP contribution in [0.25, 0.3) is 0 Å². The van der Waals surface area contributed by atoms with Gasteiger partial charge in [-0.2, -0.15) is 4.98 Å². The highest BCUT2D eigenvalue weighted by Crippen LogP contribution is 2.28. The van der Waals surface area contributed by atoms with Crippen molar-refractivity contribution in [2.75, 3.05) is 25.5 Å². The number of nitrogens with zero attached hydrogens (tertiary/aromatic N) is 3. The van der Waals surface area contributed by atoms with Crippen molar-refractivity contribution in [1.82, 2.24) is 15.0 Å². The zero-order valence-corrected chi connectivity index (χ0v) is 16.8. The molecule has 4 rings (SSSR count). The lowest BCUT2D eigenvalue weighted by molar-refractivity contribution is -0.114. The van der Waals surface area contributed by atoms with Gasteiger partial charge in [0.1, 0.15) is 5.75 Å². The highest BCUT2D eigenvalue weighted by atomic mass is 16.5. The van der Waals surface area contributed by atoms with E-state index >= 15 is 0 Å². The summed E-state index contributed by atoms with van der Waals surface area (Å²) >= 11 is 0. The van der Waals surface area contributed by atoms with Crippen LogP contribution < -0.4 is 10.1 Å². The predicted molar refractivity (Wildman–Crippen MR) is 109 cm³/mol. The molecule has 0 aliphatic carbocycles. The summed E-state index contributed by atoms with van der Waals surface area (Å²) in [7, 11) is 1.63. The second kappa shape index (κ2) is 8.36. The number of likely N-dealkylation sites (tertiary alicyclic amines) is 1. The highest BCUT2D eigenvalue weighted by molar-refractivity contribution is 5.96. The molecule has 0 radical (unpaired) electrons. The number of rotatable bonds is 6. The maximum Gasteiger partial charge on any atom is 0.253 e. The van der Waals surface area contributed by atoms with Crippen LogP contribution in [0.1, 0.15) is 40.5 Å². The molecule has 2 aromatic carbocycles. The SMILES string of the molecule is COc1ccccc1Cc1noc(C2CN(C(=O)c3ccc(NC(C)=O)cc3)C2)n1. The zero-order valence-electron chi connectivity index (χ0n) is 16.8. The molecule has 8 heteroatoms. The number of carbonyl (C=O) groups is 2. The van der Waals surface area contributed by atoms with E-state index in [1.807, 2.05) is 24.3 Å². The molecule has 1 saturated heterocycles. The summed E-state index contributed by atoms with van der Waals surface area (Å²) in [5.74, 6) is 1.75. The van der Waals surface area contributed by atoms with Gasteiger partial charge in [0, 0.05) is 43.2 Å². The first-order valence-corrected chi connectivity index (χ1v) is 9.65. The number of carbonyl (C=O) groups excluding carboxylic acids is 2. The molecule has 1 aliphatic rings. The molecular formula is C22H22N4O4. The summed E-state index contributed by atoms with van der Waals surface area (Å²) in [6, 6.07) is 14.6. The topological polar surface area (TPSA) is 97.6 Å². The highest BCUT2D eigenvalue weighted by Gasteiger charge is 2.36. The van der Waals surface area contributed by atoms with Crippen LogP contribution >= 0.6 is 0 Å². The van der Waals surface area contributed by atoms with Gasteiger partial charge in [0.05, 0.1) is 13.0 Å². The van der Waals surface area contributed by atoms with Gasteiger partial charge in [0.15, 0.2) is 5.82 Å². The standard InChI is InChI=1S/C22H22N4O4/c1-14(27)23-18-9-7-15(8-10-18)22(28)26-12-17(13-26)21-24-20(25-30-21)11-16-5-3-4-6-19(16)29-2/h3-10,17H,11-13H2,1-2H3,(H,23,27). The van der Waals surface area contributed by atoms with Crippen LogP contribution in [-0.2, 0) is 11.2 Å². The number of aromatic nitrogens is 2. The summed E-state index contributed by atoms with van der Waals surface area (Å²) in [5, 5.41) is 6.76. The number of ether oxygens (including phenoxy) is 1. The number of methoxy groups -OCH3 is 1. The maximum absolute atomic E-state index is 12.6. The summed E-state index contributed by atoms with van der Waals surface area (Å²) in [6.45, 7) is 2.50. The third kappa shape index (κ3) is 4.17. The van der Waals surface area contributed by atoms with Gasteiger partial charge in [0.25, 0.3) is 5.91 Å². The van der Waals surface area contributed by atoms with Crippen LogP contribution in [0.5, 0.6) is 5.75 Å². The van der Waals surface area contributed by atoms with Gasteiger partial charge in [0.2, 0.25) is 11.8 Å². The number of hydrogen-bond donors (Lipinski definition) is 1. The van der Waals surface area contributed by atoms with Gasteiger partial charge in [-0.05, 0) is 30.3 Å². The Morgan fingerprint density at radius 3 is 2.60 bits per heavy atom. The monoisotopic (exact) mass is 406 g/mol. The van der Waals surface area contributed by atoms with Crippen LogP contribution in [0.4, 0.5) is 5.69 Å². The molecule has 0 saturated carbocycles. The van der Waals surface area contributed by atoms with Crippen LogP contribution in [0.3, 0.4) is 0 Å². The van der Waals surface area contributed by atoms with Gasteiger partial charge in [-0.1, -0.05) is 23.4 Å². The van der Waals surface area contributed by atoms with E-state index in [2.05, 4.69) is 15.5 Å². The molecule has 1 fully saturated rings. The minimum absolute atomic E-state index is 0.0338. The second-order valence-electron chi connectivity index (χ2n) is 7.20. The van der Waals surface area contributed by atoms with Crippen molar-refractivity contribution in [3.05, 3.63) is 71.4 Å². The molecule has 1 aliphatic heterocycles. The van der Waals surface area contributed by atoms with Crippen molar-refractivity contribution in [3.8, 4) is 5.75 Å². The first kappa shape index (κ1) is 19.6. The molecule has 30 heavy (non-hydrogen) atoms. The zero-order chi connectivity index (χ0) is 21.1. The lowest BCUT2D eigenvalue weighted by Crippen LogP contribution is -2.48.